The van der Waals surface area contributed by atoms with Gasteiger partial charge in [0.05, 0.1) is 7.11 Å². The molecule has 3 nitrogen and oxygen atoms in total. The lowest BCUT2D eigenvalue weighted by molar-refractivity contribution is -0.148. The lowest BCUT2D eigenvalue weighted by Crippen LogP contribution is -2.47. The first kappa shape index (κ1) is 13.7. The Morgan fingerprint density at radius 3 is 2.47 bits per heavy atom. The van der Waals surface area contributed by atoms with Crippen LogP contribution in [0.25, 0.3) is 0 Å². The smallest absolute Gasteiger partial charge is 0.330 e. The van der Waals surface area contributed by atoms with Gasteiger partial charge >= 0.3 is 5.97 Å². The Hall–Kier alpha value is -1.35. The molecule has 94 valence electrons. The summed E-state index contributed by atoms with van der Waals surface area (Å²) in [6, 6.07) is 6.04. The largest absolute Gasteiger partial charge is 0.467 e. The lowest BCUT2D eigenvalue weighted by Gasteiger charge is -2.28. The number of rotatable bonds is 4. The molecule has 1 atom stereocenters. The number of carbonyl (C=O) groups is 1. The third-order valence-electron chi connectivity index (χ3n) is 3.21. The summed E-state index contributed by atoms with van der Waals surface area (Å²) in [5.41, 5.74) is 2.56. The van der Waals surface area contributed by atoms with E-state index in [1.807, 2.05) is 39.0 Å². The molecule has 1 unspecified atom stereocenters. The molecule has 0 heterocycles. The van der Waals surface area contributed by atoms with E-state index >= 15 is 0 Å². The van der Waals surface area contributed by atoms with E-state index < -0.39 is 5.54 Å². The second-order valence-electron chi connectivity index (χ2n) is 4.45. The minimum absolute atomic E-state index is 0.261. The molecule has 0 aromatic heterocycles. The summed E-state index contributed by atoms with van der Waals surface area (Å²) >= 11 is 0. The molecule has 0 amide bonds. The number of hydrogen-bond acceptors (Lipinski definition) is 3. The van der Waals surface area contributed by atoms with Gasteiger partial charge in [0, 0.05) is 0 Å². The maximum Gasteiger partial charge on any atom is 0.330 e. The number of carbonyl (C=O) groups excluding carboxylic acids is 1. The van der Waals surface area contributed by atoms with Gasteiger partial charge < -0.3 is 4.74 Å². The molecule has 1 aromatic rings. The minimum Gasteiger partial charge on any atom is -0.467 e. The Morgan fingerprint density at radius 1 is 1.35 bits per heavy atom. The third-order valence-corrected chi connectivity index (χ3v) is 3.21. The molecule has 0 fully saturated rings. The SMILES string of the molecule is CCNC(C)(C(=O)OC)c1ccc(C)c(C)c1. The summed E-state index contributed by atoms with van der Waals surface area (Å²) < 4.78 is 4.89. The number of nitrogens with one attached hydrogen (secondary N) is 1. The van der Waals surface area contributed by atoms with Crippen LogP contribution in [-0.4, -0.2) is 19.6 Å². The number of likely N-dealkylation sites (N-methyl/N-ethyl adjacent to an activating group) is 1. The van der Waals surface area contributed by atoms with Gasteiger partial charge in [-0.3, -0.25) is 5.32 Å². The fourth-order valence-corrected chi connectivity index (χ4v) is 1.90. The number of esters is 1. The predicted octanol–water partition coefficient (Wildman–Crippen LogP) is 2.30. The first-order valence-corrected chi connectivity index (χ1v) is 5.87. The Bertz CT molecular complexity index is 415. The van der Waals surface area contributed by atoms with Crippen molar-refractivity contribution < 1.29 is 9.53 Å². The minimum atomic E-state index is -0.776. The van der Waals surface area contributed by atoms with Crippen LogP contribution in [-0.2, 0) is 15.1 Å². The van der Waals surface area contributed by atoms with Gasteiger partial charge in [0.15, 0.2) is 0 Å². The van der Waals surface area contributed by atoms with Crippen LogP contribution in [0.15, 0.2) is 18.2 Å². The highest BCUT2D eigenvalue weighted by atomic mass is 16.5. The average molecular weight is 235 g/mol. The zero-order chi connectivity index (χ0) is 13.1. The maximum absolute atomic E-state index is 11.9. The molecule has 3 heteroatoms. The average Bonchev–Trinajstić information content (AvgIpc) is 2.31. The number of benzene rings is 1. The van der Waals surface area contributed by atoms with Gasteiger partial charge in [-0.2, -0.15) is 0 Å². The van der Waals surface area contributed by atoms with Gasteiger partial charge in [0.25, 0.3) is 0 Å². The van der Waals surface area contributed by atoms with E-state index in [0.717, 1.165) is 5.56 Å². The van der Waals surface area contributed by atoms with Crippen LogP contribution in [0.3, 0.4) is 0 Å². The van der Waals surface area contributed by atoms with Crippen molar-refractivity contribution in [1.82, 2.24) is 5.32 Å². The monoisotopic (exact) mass is 235 g/mol. The zero-order valence-corrected chi connectivity index (χ0v) is 11.3. The topological polar surface area (TPSA) is 38.3 Å². The molecule has 0 aliphatic carbocycles. The van der Waals surface area contributed by atoms with Crippen molar-refractivity contribution in [1.29, 1.82) is 0 Å². The molecule has 0 aliphatic rings. The van der Waals surface area contributed by atoms with Gasteiger partial charge in [-0.25, -0.2) is 4.79 Å². The molecule has 0 saturated carbocycles. The van der Waals surface area contributed by atoms with E-state index in [4.69, 9.17) is 4.74 Å². The third kappa shape index (κ3) is 2.67. The van der Waals surface area contributed by atoms with Crippen molar-refractivity contribution in [2.24, 2.45) is 0 Å². The van der Waals surface area contributed by atoms with Gasteiger partial charge in [-0.05, 0) is 44.0 Å². The van der Waals surface area contributed by atoms with Crippen molar-refractivity contribution in [2.45, 2.75) is 33.2 Å². The van der Waals surface area contributed by atoms with Crippen LogP contribution >= 0.6 is 0 Å². The molecule has 0 aliphatic heterocycles. The van der Waals surface area contributed by atoms with Crippen LogP contribution in [0.5, 0.6) is 0 Å². The van der Waals surface area contributed by atoms with Crippen LogP contribution < -0.4 is 5.32 Å². The predicted molar refractivity (Wildman–Crippen MR) is 69.0 cm³/mol. The van der Waals surface area contributed by atoms with E-state index in [1.165, 1.54) is 18.2 Å². The summed E-state index contributed by atoms with van der Waals surface area (Å²) in [5.74, 6) is -0.261. The summed E-state index contributed by atoms with van der Waals surface area (Å²) in [7, 11) is 1.42. The van der Waals surface area contributed by atoms with Crippen molar-refractivity contribution >= 4 is 5.97 Å². The Morgan fingerprint density at radius 2 is 2.00 bits per heavy atom. The van der Waals surface area contributed by atoms with E-state index in [-0.39, 0.29) is 5.97 Å². The van der Waals surface area contributed by atoms with Crippen LogP contribution in [0.4, 0.5) is 0 Å². The molecular formula is C14H21NO2. The van der Waals surface area contributed by atoms with Crippen molar-refractivity contribution in [3.8, 4) is 0 Å². The summed E-state index contributed by atoms with van der Waals surface area (Å²) in [6.45, 7) is 8.64. The number of ether oxygens (including phenoxy) is 1. The van der Waals surface area contributed by atoms with Gasteiger partial charge in [0.1, 0.15) is 5.54 Å². The first-order valence-electron chi connectivity index (χ1n) is 5.87. The standard InChI is InChI=1S/C14H21NO2/c1-6-15-14(4,13(16)17-5)12-8-7-10(2)11(3)9-12/h7-9,15H,6H2,1-5H3. The molecule has 0 radical (unpaired) electrons. The van der Waals surface area contributed by atoms with Gasteiger partial charge in [-0.1, -0.05) is 25.1 Å². The number of hydrogen-bond donors (Lipinski definition) is 1. The highest BCUT2D eigenvalue weighted by Crippen LogP contribution is 2.24. The fourth-order valence-electron chi connectivity index (χ4n) is 1.90. The molecular weight excluding hydrogens is 214 g/mol. The molecule has 1 N–H and O–H groups in total. The second kappa shape index (κ2) is 5.32. The van der Waals surface area contributed by atoms with Crippen LogP contribution in [0.1, 0.15) is 30.5 Å². The summed E-state index contributed by atoms with van der Waals surface area (Å²) in [4.78, 5) is 11.9. The second-order valence-corrected chi connectivity index (χ2v) is 4.45. The summed E-state index contributed by atoms with van der Waals surface area (Å²) in [5, 5.41) is 3.20. The van der Waals surface area contributed by atoms with E-state index in [0.29, 0.717) is 6.54 Å². The number of methoxy groups -OCH3 is 1. The Balaban J connectivity index is 3.22. The lowest BCUT2D eigenvalue weighted by atomic mass is 9.89. The van der Waals surface area contributed by atoms with Crippen molar-refractivity contribution in [2.75, 3.05) is 13.7 Å². The molecule has 1 rings (SSSR count). The summed E-state index contributed by atoms with van der Waals surface area (Å²) in [6.07, 6.45) is 0. The molecule has 1 aromatic carbocycles. The maximum atomic E-state index is 11.9. The highest BCUT2D eigenvalue weighted by molar-refractivity contribution is 5.82. The van der Waals surface area contributed by atoms with Gasteiger partial charge in [-0.15, -0.1) is 0 Å². The number of aryl methyl sites for hydroxylation is 2. The molecule has 17 heavy (non-hydrogen) atoms. The molecule has 0 spiro atoms. The molecule has 0 bridgehead atoms. The normalized spacial score (nSPS) is 14.2. The first-order chi connectivity index (χ1) is 7.95. The van der Waals surface area contributed by atoms with Crippen LogP contribution in [0, 0.1) is 13.8 Å². The van der Waals surface area contributed by atoms with Crippen molar-refractivity contribution in [3.05, 3.63) is 34.9 Å². The Labute approximate surface area is 103 Å². The quantitative estimate of drug-likeness (QED) is 0.814. The Kier molecular flexibility index (Phi) is 4.29. The zero-order valence-electron chi connectivity index (χ0n) is 11.3. The van der Waals surface area contributed by atoms with E-state index in [9.17, 15) is 4.79 Å². The molecule has 0 saturated heterocycles. The van der Waals surface area contributed by atoms with E-state index in [2.05, 4.69) is 12.2 Å². The van der Waals surface area contributed by atoms with Crippen LogP contribution in [0.2, 0.25) is 0 Å². The van der Waals surface area contributed by atoms with Crippen molar-refractivity contribution in [3.63, 3.8) is 0 Å². The highest BCUT2D eigenvalue weighted by Gasteiger charge is 2.35. The van der Waals surface area contributed by atoms with E-state index in [1.54, 1.807) is 0 Å². The van der Waals surface area contributed by atoms with Gasteiger partial charge in [0.2, 0.25) is 0 Å². The fraction of sp³-hybridized carbons (Fsp3) is 0.500.